The molecule has 0 saturated carbocycles. The molecule has 3 heteroatoms. The number of alkyl halides is 1. The molecular formula is C4H11Cl2P. The summed E-state index contributed by atoms with van der Waals surface area (Å²) in [6, 6.07) is 0. The van der Waals surface area contributed by atoms with Crippen LogP contribution in [-0.4, -0.2) is 12.0 Å². The van der Waals surface area contributed by atoms with Gasteiger partial charge in [0.15, 0.2) is 0 Å². The third kappa shape index (κ3) is 10.9. The molecule has 0 fully saturated rings. The maximum atomic E-state index is 5.38. The maximum Gasteiger partial charge on any atom is 0.0527 e. The van der Waals surface area contributed by atoms with E-state index in [0.717, 1.165) is 5.88 Å². The Morgan fingerprint density at radius 1 is 1.29 bits per heavy atom. The van der Waals surface area contributed by atoms with E-state index in [0.29, 0.717) is 0 Å². The summed E-state index contributed by atoms with van der Waals surface area (Å²) in [7, 11) is 2.01. The lowest BCUT2D eigenvalue weighted by Crippen LogP contribution is -3.00. The Hall–Kier alpha value is 1.01. The fourth-order valence-electron chi connectivity index (χ4n) is 0.271. The van der Waals surface area contributed by atoms with Crippen LogP contribution in [0.1, 0.15) is 12.8 Å². The Morgan fingerprint density at radius 2 is 1.86 bits per heavy atom. The molecule has 0 aliphatic heterocycles. The molecule has 0 aliphatic rings. The van der Waals surface area contributed by atoms with Gasteiger partial charge < -0.3 is 12.4 Å². The van der Waals surface area contributed by atoms with Crippen LogP contribution in [0.5, 0.6) is 0 Å². The van der Waals surface area contributed by atoms with Crippen LogP contribution in [0.15, 0.2) is 0 Å². The minimum Gasteiger partial charge on any atom is -1.00 e. The van der Waals surface area contributed by atoms with E-state index >= 15 is 0 Å². The van der Waals surface area contributed by atoms with Crippen molar-refractivity contribution in [3.05, 3.63) is 0 Å². The smallest absolute Gasteiger partial charge is 0.0527 e. The minimum absolute atomic E-state index is 0. The van der Waals surface area contributed by atoms with Gasteiger partial charge in [0.2, 0.25) is 0 Å². The van der Waals surface area contributed by atoms with E-state index in [4.69, 9.17) is 11.6 Å². The Bertz CT molecular complexity index is 21.7. The van der Waals surface area contributed by atoms with Crippen molar-refractivity contribution in [1.29, 1.82) is 0 Å². The van der Waals surface area contributed by atoms with E-state index in [1.54, 1.807) is 0 Å². The van der Waals surface area contributed by atoms with Gasteiger partial charge >= 0.3 is 0 Å². The second-order valence-electron chi connectivity index (χ2n) is 1.25. The van der Waals surface area contributed by atoms with Crippen LogP contribution in [0, 0.1) is 0 Å². The highest BCUT2D eigenvalue weighted by Crippen LogP contribution is 1.94. The van der Waals surface area contributed by atoms with Crippen LogP contribution in [-0.2, 0) is 0 Å². The number of rotatable bonds is 3. The van der Waals surface area contributed by atoms with Crippen LogP contribution >= 0.6 is 20.8 Å². The van der Waals surface area contributed by atoms with Crippen LogP contribution in [0.3, 0.4) is 0 Å². The zero-order valence-electron chi connectivity index (χ0n) is 4.29. The molecule has 0 aromatic carbocycles. The molecule has 0 radical (unpaired) electrons. The van der Waals surface area contributed by atoms with Gasteiger partial charge in [-0.3, -0.25) is 0 Å². The molecule has 1 atom stereocenters. The van der Waals surface area contributed by atoms with Gasteiger partial charge in [-0.1, -0.05) is 0 Å². The van der Waals surface area contributed by atoms with Crippen molar-refractivity contribution in [2.24, 2.45) is 0 Å². The molecule has 0 aliphatic carbocycles. The molecule has 46 valence electrons. The highest BCUT2D eigenvalue weighted by Gasteiger charge is 1.80. The van der Waals surface area contributed by atoms with Crippen LogP contribution in [0.4, 0.5) is 0 Å². The zero-order chi connectivity index (χ0) is 4.83. The molecule has 0 rings (SSSR count). The molecule has 7 heavy (non-hydrogen) atoms. The second kappa shape index (κ2) is 10.1. The average molecular weight is 161 g/mol. The fourth-order valence-corrected chi connectivity index (χ4v) is 0.814. The predicted octanol–water partition coefficient (Wildman–Crippen LogP) is -1.38. The first-order chi connectivity index (χ1) is 2.91. The van der Waals surface area contributed by atoms with E-state index in [9.17, 15) is 0 Å². The molecule has 0 bridgehead atoms. The molecule has 0 aromatic rings. The van der Waals surface area contributed by atoms with E-state index in [1.165, 1.54) is 19.0 Å². The summed E-state index contributed by atoms with van der Waals surface area (Å²) in [4.78, 5) is 0. The molecule has 0 N–H and O–H groups in total. The predicted molar refractivity (Wildman–Crippen MR) is 35.9 cm³/mol. The van der Waals surface area contributed by atoms with Gasteiger partial charge in [-0.25, -0.2) is 0 Å². The lowest BCUT2D eigenvalue weighted by Gasteiger charge is -1.81. The maximum absolute atomic E-state index is 5.38. The van der Waals surface area contributed by atoms with E-state index < -0.39 is 0 Å². The van der Waals surface area contributed by atoms with Crippen molar-refractivity contribution < 1.29 is 12.4 Å². The largest absolute Gasteiger partial charge is 1.00 e. The Kier molecular flexibility index (Phi) is 15.7. The standard InChI is InChI=1S/C4H10ClP.ClH/c5-3-1-2-4-6;/h1-4,6H2;1H. The first-order valence-electron chi connectivity index (χ1n) is 2.27. The third-order valence-corrected chi connectivity index (χ3v) is 1.40. The van der Waals surface area contributed by atoms with Crippen molar-refractivity contribution in [2.45, 2.75) is 12.8 Å². The normalized spacial score (nSPS) is 8.14. The van der Waals surface area contributed by atoms with Gasteiger partial charge in [0, 0.05) is 5.88 Å². The van der Waals surface area contributed by atoms with Crippen molar-refractivity contribution in [1.82, 2.24) is 0 Å². The summed E-state index contributed by atoms with van der Waals surface area (Å²) in [5, 5.41) is 0. The summed E-state index contributed by atoms with van der Waals surface area (Å²) < 4.78 is 0. The van der Waals surface area contributed by atoms with Crippen LogP contribution < -0.4 is 12.4 Å². The Labute approximate surface area is 58.6 Å². The Morgan fingerprint density at radius 3 is 2.00 bits per heavy atom. The third-order valence-electron chi connectivity index (χ3n) is 0.634. The second-order valence-corrected chi connectivity index (χ2v) is 2.33. The first kappa shape index (κ1) is 10.9. The van der Waals surface area contributed by atoms with Gasteiger partial charge in [-0.05, 0) is 22.1 Å². The van der Waals surface area contributed by atoms with Crippen molar-refractivity contribution in [2.75, 3.05) is 12.0 Å². The van der Waals surface area contributed by atoms with E-state index in [2.05, 4.69) is 0 Å². The van der Waals surface area contributed by atoms with Crippen LogP contribution in [0.25, 0.3) is 0 Å². The summed E-state index contributed by atoms with van der Waals surface area (Å²) in [5.74, 6) is 0.832. The number of unbranched alkanes of at least 4 members (excludes halogenated alkanes) is 1. The number of halogens is 2. The minimum atomic E-state index is 0. The SMILES string of the molecule is [Cl-].[PH3+]CCCCCl. The number of hydrogen-bond donors (Lipinski definition) is 0. The van der Waals surface area contributed by atoms with Crippen molar-refractivity contribution in [3.63, 3.8) is 0 Å². The average Bonchev–Trinajstić information content (AvgIpc) is 1.61. The molecular weight excluding hydrogens is 150 g/mol. The molecule has 0 nitrogen and oxygen atoms in total. The molecule has 0 spiro atoms. The van der Waals surface area contributed by atoms with Crippen molar-refractivity contribution >= 4 is 20.8 Å². The first-order valence-corrected chi connectivity index (χ1v) is 3.80. The van der Waals surface area contributed by atoms with E-state index in [-0.39, 0.29) is 12.4 Å². The highest BCUT2D eigenvalue weighted by atomic mass is 35.5. The van der Waals surface area contributed by atoms with E-state index in [1.807, 2.05) is 9.24 Å². The summed E-state index contributed by atoms with van der Waals surface area (Å²) in [5.41, 5.74) is 0. The summed E-state index contributed by atoms with van der Waals surface area (Å²) in [6.45, 7) is 0. The van der Waals surface area contributed by atoms with Crippen molar-refractivity contribution in [3.8, 4) is 0 Å². The van der Waals surface area contributed by atoms with Crippen LogP contribution in [0.2, 0.25) is 0 Å². The lowest BCUT2D eigenvalue weighted by atomic mass is 10.4. The monoisotopic (exact) mass is 160 g/mol. The summed E-state index contributed by atoms with van der Waals surface area (Å²) >= 11 is 5.38. The van der Waals surface area contributed by atoms with Gasteiger partial charge in [-0.15, -0.1) is 11.6 Å². The van der Waals surface area contributed by atoms with Gasteiger partial charge in [0.05, 0.1) is 6.16 Å². The fraction of sp³-hybridized carbons (Fsp3) is 1.00. The molecule has 1 unspecified atom stereocenters. The molecule has 0 aromatic heterocycles. The van der Waals surface area contributed by atoms with Gasteiger partial charge in [-0.2, -0.15) is 0 Å². The molecule has 0 saturated heterocycles. The highest BCUT2D eigenvalue weighted by molar-refractivity contribution is 7.16. The lowest BCUT2D eigenvalue weighted by molar-refractivity contribution is -0.00000115. The Balaban J connectivity index is 0. The summed E-state index contributed by atoms with van der Waals surface area (Å²) in [6.07, 6.45) is 3.78. The van der Waals surface area contributed by atoms with Gasteiger partial charge in [0.1, 0.15) is 0 Å². The zero-order valence-corrected chi connectivity index (χ0v) is 7.22. The quantitative estimate of drug-likeness (QED) is 0.272. The topological polar surface area (TPSA) is 0 Å². The van der Waals surface area contributed by atoms with Gasteiger partial charge in [0.25, 0.3) is 0 Å². The molecule has 0 amide bonds. The molecule has 0 heterocycles. The number of hydrogen-bond acceptors (Lipinski definition) is 0.